The zero-order chi connectivity index (χ0) is 15.2. The summed E-state index contributed by atoms with van der Waals surface area (Å²) in [6.45, 7) is 3.60. The molecule has 6 heteroatoms. The van der Waals surface area contributed by atoms with Crippen LogP contribution in [0.25, 0.3) is 0 Å². The van der Waals surface area contributed by atoms with Crippen molar-refractivity contribution in [1.29, 1.82) is 0 Å². The molecule has 1 rings (SSSR count). The fourth-order valence-electron chi connectivity index (χ4n) is 1.66. The van der Waals surface area contributed by atoms with Gasteiger partial charge in [-0.25, -0.2) is 4.79 Å². The van der Waals surface area contributed by atoms with Gasteiger partial charge < -0.3 is 10.4 Å². The first-order valence-corrected chi connectivity index (χ1v) is 7.65. The van der Waals surface area contributed by atoms with Crippen LogP contribution in [0.2, 0.25) is 0 Å². The van der Waals surface area contributed by atoms with Crippen LogP contribution in [0, 0.1) is 0 Å². The van der Waals surface area contributed by atoms with Gasteiger partial charge in [-0.2, -0.15) is 0 Å². The second kappa shape index (κ2) is 7.55. The Hall–Kier alpha value is -1.20. The lowest BCUT2D eigenvalue weighted by Gasteiger charge is -2.31. The van der Waals surface area contributed by atoms with Gasteiger partial charge in [0, 0.05) is 10.5 Å². The molecule has 0 saturated carbocycles. The number of hydrogen-bond donors (Lipinski definition) is 2. The second-order valence-corrected chi connectivity index (χ2v) is 6.75. The Kier molecular flexibility index (Phi) is 6.36. The molecule has 1 atom stereocenters. The first-order chi connectivity index (χ1) is 9.36. The summed E-state index contributed by atoms with van der Waals surface area (Å²) in [4.78, 5) is 22.7. The monoisotopic (exact) mass is 315 g/mol. The smallest absolute Gasteiger partial charge is 0.327 e. The summed E-state index contributed by atoms with van der Waals surface area (Å²) in [5.41, 5.74) is 1.11. The Morgan fingerprint density at radius 3 is 2.45 bits per heavy atom. The van der Waals surface area contributed by atoms with Gasteiger partial charge in [0.1, 0.15) is 11.9 Å². The van der Waals surface area contributed by atoms with E-state index in [1.165, 1.54) is 11.8 Å². The summed E-state index contributed by atoms with van der Waals surface area (Å²) in [6.07, 6.45) is 0. The molecule has 110 valence electrons. The molecule has 1 aromatic rings. The van der Waals surface area contributed by atoms with E-state index < -0.39 is 22.7 Å². The summed E-state index contributed by atoms with van der Waals surface area (Å²) in [7, 11) is 0. The maximum absolute atomic E-state index is 11.3. The quantitative estimate of drug-likeness (QED) is 0.759. The molecule has 1 aromatic carbocycles. The van der Waals surface area contributed by atoms with Gasteiger partial charge >= 0.3 is 5.97 Å². The van der Waals surface area contributed by atoms with Crippen LogP contribution >= 0.6 is 23.4 Å². The number of aliphatic carboxylic acids is 1. The molecule has 1 unspecified atom stereocenters. The number of alkyl halides is 1. The van der Waals surface area contributed by atoms with Gasteiger partial charge in [0.25, 0.3) is 0 Å². The minimum atomic E-state index is -1.06. The van der Waals surface area contributed by atoms with Crippen LogP contribution in [0.4, 0.5) is 0 Å². The highest BCUT2D eigenvalue weighted by atomic mass is 35.5. The van der Waals surface area contributed by atoms with Gasteiger partial charge in [-0.05, 0) is 19.4 Å². The molecule has 2 N–H and O–H groups in total. The van der Waals surface area contributed by atoms with Crippen molar-refractivity contribution < 1.29 is 14.7 Å². The predicted octanol–water partition coefficient (Wildman–Crippen LogP) is 2.51. The van der Waals surface area contributed by atoms with Crippen molar-refractivity contribution in [3.05, 3.63) is 35.9 Å². The third-order valence-corrected chi connectivity index (χ3v) is 4.52. The van der Waals surface area contributed by atoms with Crippen LogP contribution in [-0.2, 0) is 15.3 Å². The molecular weight excluding hydrogens is 298 g/mol. The normalized spacial score (nSPS) is 12.8. The SMILES string of the molecule is CC(C)(SCc1ccccc1)C(NC(=O)CCl)C(=O)O. The fraction of sp³-hybridized carbons (Fsp3) is 0.429. The van der Waals surface area contributed by atoms with Gasteiger partial charge in [0.15, 0.2) is 0 Å². The highest BCUT2D eigenvalue weighted by Gasteiger charge is 2.36. The average Bonchev–Trinajstić information content (AvgIpc) is 2.43. The molecule has 0 fully saturated rings. The highest BCUT2D eigenvalue weighted by molar-refractivity contribution is 7.99. The first kappa shape index (κ1) is 16.9. The molecule has 0 aliphatic carbocycles. The zero-order valence-corrected chi connectivity index (χ0v) is 13.0. The number of benzene rings is 1. The van der Waals surface area contributed by atoms with Crippen molar-refractivity contribution in [1.82, 2.24) is 5.32 Å². The van der Waals surface area contributed by atoms with E-state index in [-0.39, 0.29) is 5.88 Å². The molecule has 4 nitrogen and oxygen atoms in total. The zero-order valence-electron chi connectivity index (χ0n) is 11.4. The molecule has 20 heavy (non-hydrogen) atoms. The third kappa shape index (κ3) is 5.06. The van der Waals surface area contributed by atoms with E-state index in [1.54, 1.807) is 13.8 Å². The van der Waals surface area contributed by atoms with E-state index in [4.69, 9.17) is 11.6 Å². The maximum atomic E-state index is 11.3. The summed E-state index contributed by atoms with van der Waals surface area (Å²) >= 11 is 6.89. The van der Waals surface area contributed by atoms with E-state index in [9.17, 15) is 14.7 Å². The fourth-order valence-corrected chi connectivity index (χ4v) is 2.79. The molecule has 1 amide bonds. The standard InChI is InChI=1S/C14H18ClNO3S/c1-14(2,12(13(18)19)16-11(17)8-15)20-9-10-6-4-3-5-7-10/h3-7,12H,8-9H2,1-2H3,(H,16,17)(H,18,19). The van der Waals surface area contributed by atoms with Gasteiger partial charge in [0.2, 0.25) is 5.91 Å². The predicted molar refractivity (Wildman–Crippen MR) is 82.1 cm³/mol. The molecule has 0 heterocycles. The molecule has 0 aliphatic rings. The van der Waals surface area contributed by atoms with Crippen molar-refractivity contribution in [2.75, 3.05) is 5.88 Å². The first-order valence-electron chi connectivity index (χ1n) is 6.13. The number of carboxylic acids is 1. The molecule has 0 aliphatic heterocycles. The number of carbonyl (C=O) groups is 2. The average molecular weight is 316 g/mol. The van der Waals surface area contributed by atoms with Crippen molar-refractivity contribution in [2.24, 2.45) is 0 Å². The molecule has 0 spiro atoms. The Balaban J connectivity index is 2.72. The molecule has 0 bridgehead atoms. The molecule has 0 aromatic heterocycles. The minimum absolute atomic E-state index is 0.247. The second-order valence-electron chi connectivity index (χ2n) is 4.85. The molecule has 0 radical (unpaired) electrons. The third-order valence-electron chi connectivity index (χ3n) is 2.82. The molecular formula is C14H18ClNO3S. The van der Waals surface area contributed by atoms with E-state index >= 15 is 0 Å². The van der Waals surface area contributed by atoms with E-state index in [1.807, 2.05) is 30.3 Å². The van der Waals surface area contributed by atoms with Gasteiger partial charge in [-0.15, -0.1) is 23.4 Å². The number of nitrogens with one attached hydrogen (secondary N) is 1. The van der Waals surface area contributed by atoms with Gasteiger partial charge in [-0.3, -0.25) is 4.79 Å². The summed E-state index contributed by atoms with van der Waals surface area (Å²) < 4.78 is -0.649. The number of halogens is 1. The largest absolute Gasteiger partial charge is 0.480 e. The van der Waals surface area contributed by atoms with Crippen LogP contribution in [0.5, 0.6) is 0 Å². The van der Waals surface area contributed by atoms with Gasteiger partial charge in [-0.1, -0.05) is 30.3 Å². The van der Waals surface area contributed by atoms with Crippen LogP contribution in [0.3, 0.4) is 0 Å². The lowest BCUT2D eigenvalue weighted by atomic mass is 10.0. The van der Waals surface area contributed by atoms with Crippen LogP contribution in [0.1, 0.15) is 19.4 Å². The Morgan fingerprint density at radius 1 is 1.35 bits per heavy atom. The van der Waals surface area contributed by atoms with E-state index in [2.05, 4.69) is 5.32 Å². The van der Waals surface area contributed by atoms with Crippen molar-refractivity contribution in [3.63, 3.8) is 0 Å². The summed E-state index contributed by atoms with van der Waals surface area (Å²) in [6, 6.07) is 8.79. The van der Waals surface area contributed by atoms with Crippen LogP contribution in [-0.4, -0.2) is 33.7 Å². The van der Waals surface area contributed by atoms with Crippen molar-refractivity contribution >= 4 is 35.2 Å². The maximum Gasteiger partial charge on any atom is 0.327 e. The lowest BCUT2D eigenvalue weighted by Crippen LogP contribution is -2.52. The Labute approximate surface area is 127 Å². The number of hydrogen-bond acceptors (Lipinski definition) is 3. The summed E-state index contributed by atoms with van der Waals surface area (Å²) in [5, 5.41) is 11.7. The Bertz CT molecular complexity index is 465. The van der Waals surface area contributed by atoms with Gasteiger partial charge in [0.05, 0.1) is 0 Å². The Morgan fingerprint density at radius 2 is 1.95 bits per heavy atom. The van der Waals surface area contributed by atoms with Crippen LogP contribution < -0.4 is 5.32 Å². The molecule has 0 saturated heterocycles. The lowest BCUT2D eigenvalue weighted by molar-refractivity contribution is -0.142. The number of rotatable bonds is 7. The van der Waals surface area contributed by atoms with Crippen molar-refractivity contribution in [2.45, 2.75) is 30.4 Å². The number of carbonyl (C=O) groups excluding carboxylic acids is 1. The van der Waals surface area contributed by atoms with Crippen LogP contribution in [0.15, 0.2) is 30.3 Å². The highest BCUT2D eigenvalue weighted by Crippen LogP contribution is 2.31. The summed E-state index contributed by atoms with van der Waals surface area (Å²) in [5.74, 6) is -1.11. The van der Waals surface area contributed by atoms with E-state index in [0.29, 0.717) is 5.75 Å². The van der Waals surface area contributed by atoms with Crippen molar-refractivity contribution in [3.8, 4) is 0 Å². The minimum Gasteiger partial charge on any atom is -0.480 e. The number of thioether (sulfide) groups is 1. The number of amides is 1. The van der Waals surface area contributed by atoms with E-state index in [0.717, 1.165) is 5.56 Å². The topological polar surface area (TPSA) is 66.4 Å². The number of carboxylic acid groups (broad SMARTS) is 1.